The molecule has 0 unspecified atom stereocenters. The molecule has 1 N–H and O–H groups in total. The molecule has 5 heteroatoms. The molecule has 68 heavy (non-hydrogen) atoms. The molecule has 14 rings (SSSR count). The zero-order valence-corrected chi connectivity index (χ0v) is 37.0. The Morgan fingerprint density at radius 1 is 0.397 bits per heavy atom. The van der Waals surface area contributed by atoms with Crippen molar-refractivity contribution in [2.75, 3.05) is 0 Å². The lowest BCUT2D eigenvalue weighted by Crippen LogP contribution is -2.04. The maximum Gasteiger partial charge on any atom is 0.235 e. The summed E-state index contributed by atoms with van der Waals surface area (Å²) in [5.41, 5.74) is 12.6. The Morgan fingerprint density at radius 2 is 1.00 bits per heavy atom. The molecule has 3 aromatic heterocycles. The number of phenols is 1. The predicted octanol–water partition coefficient (Wildman–Crippen LogP) is 16.3. The van der Waals surface area contributed by atoms with E-state index in [4.69, 9.17) is 9.97 Å². The van der Waals surface area contributed by atoms with Crippen LogP contribution in [-0.2, 0) is 0 Å². The van der Waals surface area contributed by atoms with Crippen LogP contribution in [0.2, 0.25) is 0 Å². The zero-order chi connectivity index (χ0) is 45.0. The highest BCUT2D eigenvalue weighted by molar-refractivity contribution is 6.27. The van der Waals surface area contributed by atoms with E-state index in [1.807, 2.05) is 6.07 Å². The number of aromatic hydroxyl groups is 1. The van der Waals surface area contributed by atoms with Crippen molar-refractivity contribution >= 4 is 86.8 Å². The summed E-state index contributed by atoms with van der Waals surface area (Å²) in [6.45, 7) is 2.14. The zero-order valence-electron chi connectivity index (χ0n) is 37.0. The third-order valence-corrected chi connectivity index (χ3v) is 14.1. The van der Waals surface area contributed by atoms with Gasteiger partial charge in [-0.3, -0.25) is 4.57 Å². The van der Waals surface area contributed by atoms with Gasteiger partial charge >= 0.3 is 0 Å². The van der Waals surface area contributed by atoms with Crippen LogP contribution in [0.25, 0.3) is 132 Å². The first-order chi connectivity index (χ1) is 33.6. The van der Waals surface area contributed by atoms with Gasteiger partial charge in [-0.05, 0) is 104 Å². The summed E-state index contributed by atoms with van der Waals surface area (Å²) in [6.07, 6.45) is 0. The number of nitrogens with zero attached hydrogens (tertiary/aromatic N) is 4. The minimum Gasteiger partial charge on any atom is -0.505 e. The first-order valence-corrected chi connectivity index (χ1v) is 23.1. The third-order valence-electron chi connectivity index (χ3n) is 14.1. The van der Waals surface area contributed by atoms with E-state index in [9.17, 15) is 5.11 Å². The highest BCUT2D eigenvalue weighted by atomic mass is 16.3. The quantitative estimate of drug-likeness (QED) is 0.175. The molecule has 0 aliphatic carbocycles. The fraction of sp³-hybridized carbons (Fsp3) is 0.0159. The lowest BCUT2D eigenvalue weighted by Gasteiger charge is -2.18. The average molecular weight is 869 g/mol. The standard InChI is InChI=1S/C63H40N4O/c1-38-28-29-42(43-30-33-50-55(37-43)66(44-20-6-3-7-21-44)54-35-32-40-17-8-10-22-45(40)56(50)54)36-51(38)58-48-25-13-12-24-47(48)57-49-26-14-15-27-53(49)67(61(57)62(58)68)63-64-52-34-31-39-16-9-11-23-46(39)59(52)60(65-63)41-18-4-2-5-19-41/h2-37,68H,1H3. The van der Waals surface area contributed by atoms with Crippen LogP contribution in [0.5, 0.6) is 5.75 Å². The van der Waals surface area contributed by atoms with E-state index in [1.54, 1.807) is 0 Å². The second kappa shape index (κ2) is 14.7. The second-order valence-electron chi connectivity index (χ2n) is 17.9. The summed E-state index contributed by atoms with van der Waals surface area (Å²) in [7, 11) is 0. The summed E-state index contributed by atoms with van der Waals surface area (Å²) in [4.78, 5) is 10.9. The Labute approximate surface area is 391 Å². The molecule has 0 spiro atoms. The van der Waals surface area contributed by atoms with Crippen LogP contribution in [0.1, 0.15) is 5.56 Å². The van der Waals surface area contributed by atoms with Gasteiger partial charge in [-0.1, -0.05) is 176 Å². The molecule has 0 aliphatic rings. The van der Waals surface area contributed by atoms with Gasteiger partial charge in [0.25, 0.3) is 0 Å². The lowest BCUT2D eigenvalue weighted by molar-refractivity contribution is 0.482. The van der Waals surface area contributed by atoms with E-state index in [0.717, 1.165) is 99.0 Å². The minimum atomic E-state index is 0.185. The number of benzene rings is 11. The van der Waals surface area contributed by atoms with Crippen molar-refractivity contribution in [1.29, 1.82) is 0 Å². The van der Waals surface area contributed by atoms with Crippen LogP contribution in [0.3, 0.4) is 0 Å². The fourth-order valence-electron chi connectivity index (χ4n) is 11.1. The number of aryl methyl sites for hydroxylation is 1. The molecule has 14 aromatic rings. The van der Waals surface area contributed by atoms with Crippen LogP contribution in [0, 0.1) is 6.92 Å². The molecule has 0 saturated carbocycles. The smallest absolute Gasteiger partial charge is 0.235 e. The van der Waals surface area contributed by atoms with Gasteiger partial charge in [-0.15, -0.1) is 0 Å². The molecule has 0 bridgehead atoms. The Balaban J connectivity index is 1.03. The molecule has 318 valence electrons. The van der Waals surface area contributed by atoms with Crippen molar-refractivity contribution in [2.45, 2.75) is 6.92 Å². The second-order valence-corrected chi connectivity index (χ2v) is 17.9. The molecule has 0 atom stereocenters. The average Bonchev–Trinajstić information content (AvgIpc) is 3.93. The molecular weight excluding hydrogens is 829 g/mol. The molecule has 0 aliphatic heterocycles. The van der Waals surface area contributed by atoms with Crippen LogP contribution in [0.15, 0.2) is 218 Å². The first-order valence-electron chi connectivity index (χ1n) is 23.1. The van der Waals surface area contributed by atoms with Crippen molar-refractivity contribution in [2.24, 2.45) is 0 Å². The highest BCUT2D eigenvalue weighted by Crippen LogP contribution is 2.49. The van der Waals surface area contributed by atoms with Crippen LogP contribution in [0.4, 0.5) is 0 Å². The third kappa shape index (κ3) is 5.56. The molecule has 0 saturated heterocycles. The SMILES string of the molecule is Cc1ccc(-c2ccc3c4c5ccccc5ccc4n(-c4ccccc4)c3c2)cc1-c1c(O)c2c(c3ccccc13)c1ccccc1n2-c1nc(-c2ccccc2)c2c(ccc3ccccc32)n1. The summed E-state index contributed by atoms with van der Waals surface area (Å²) in [6, 6.07) is 77.2. The van der Waals surface area contributed by atoms with E-state index in [2.05, 4.69) is 228 Å². The van der Waals surface area contributed by atoms with Gasteiger partial charge in [-0.25, -0.2) is 9.97 Å². The van der Waals surface area contributed by atoms with Gasteiger partial charge in [0.05, 0.1) is 27.8 Å². The summed E-state index contributed by atoms with van der Waals surface area (Å²) < 4.78 is 4.47. The van der Waals surface area contributed by atoms with Crippen LogP contribution >= 0.6 is 0 Å². The molecule has 3 heterocycles. The number of para-hydroxylation sites is 2. The van der Waals surface area contributed by atoms with Crippen LogP contribution in [-0.4, -0.2) is 24.2 Å². The van der Waals surface area contributed by atoms with Crippen molar-refractivity contribution in [1.82, 2.24) is 19.1 Å². The van der Waals surface area contributed by atoms with Crippen molar-refractivity contribution in [3.63, 3.8) is 0 Å². The maximum absolute atomic E-state index is 13.3. The van der Waals surface area contributed by atoms with E-state index in [1.165, 1.54) is 27.1 Å². The summed E-state index contributed by atoms with van der Waals surface area (Å²) in [5.74, 6) is 0.680. The lowest BCUT2D eigenvalue weighted by atomic mass is 9.89. The number of rotatable bonds is 5. The van der Waals surface area contributed by atoms with Gasteiger partial charge in [0.1, 0.15) is 11.3 Å². The number of fused-ring (bicyclic) bond motifs is 13. The Bertz CT molecular complexity index is 4390. The number of aromatic nitrogens is 4. The summed E-state index contributed by atoms with van der Waals surface area (Å²) in [5, 5.41) is 25.4. The first kappa shape index (κ1) is 38.2. The van der Waals surface area contributed by atoms with Gasteiger partial charge in [0.15, 0.2) is 0 Å². The molecular formula is C63H40N4O. The van der Waals surface area contributed by atoms with Gasteiger partial charge in [0.2, 0.25) is 5.95 Å². The summed E-state index contributed by atoms with van der Waals surface area (Å²) >= 11 is 0. The fourth-order valence-corrected chi connectivity index (χ4v) is 11.1. The van der Waals surface area contributed by atoms with E-state index >= 15 is 0 Å². The minimum absolute atomic E-state index is 0.185. The Kier molecular flexibility index (Phi) is 8.28. The molecule has 0 radical (unpaired) electrons. The van der Waals surface area contributed by atoms with Crippen molar-refractivity contribution < 1.29 is 5.11 Å². The van der Waals surface area contributed by atoms with E-state index < -0.39 is 0 Å². The van der Waals surface area contributed by atoms with Crippen LogP contribution < -0.4 is 0 Å². The molecule has 11 aromatic carbocycles. The van der Waals surface area contributed by atoms with Gasteiger partial charge in [-0.2, -0.15) is 0 Å². The van der Waals surface area contributed by atoms with E-state index in [0.29, 0.717) is 11.5 Å². The molecule has 0 amide bonds. The maximum atomic E-state index is 13.3. The number of phenolic OH excluding ortho intramolecular Hbond substituents is 1. The Morgan fingerprint density at radius 3 is 1.78 bits per heavy atom. The van der Waals surface area contributed by atoms with Gasteiger partial charge in [0, 0.05) is 43.7 Å². The number of hydrogen-bond acceptors (Lipinski definition) is 3. The Hall–Kier alpha value is -9.06. The topological polar surface area (TPSA) is 55.9 Å². The van der Waals surface area contributed by atoms with Crippen molar-refractivity contribution in [3.8, 4) is 50.9 Å². The largest absolute Gasteiger partial charge is 0.505 e. The molecule has 0 fully saturated rings. The highest BCUT2D eigenvalue weighted by Gasteiger charge is 2.26. The molecule has 5 nitrogen and oxygen atoms in total. The van der Waals surface area contributed by atoms with E-state index in [-0.39, 0.29) is 5.75 Å². The normalized spacial score (nSPS) is 12.0. The monoisotopic (exact) mass is 868 g/mol. The van der Waals surface area contributed by atoms with Crippen molar-refractivity contribution in [3.05, 3.63) is 224 Å². The predicted molar refractivity (Wildman–Crippen MR) is 283 cm³/mol. The number of hydrogen-bond donors (Lipinski definition) is 1. The van der Waals surface area contributed by atoms with Gasteiger partial charge < -0.3 is 9.67 Å².